The second-order valence-electron chi connectivity index (χ2n) is 5.91. The number of rotatable bonds is 6. The summed E-state index contributed by atoms with van der Waals surface area (Å²) < 4.78 is 0. The van der Waals surface area contributed by atoms with Crippen LogP contribution in [0.1, 0.15) is 37.6 Å². The van der Waals surface area contributed by atoms with Crippen molar-refractivity contribution in [1.29, 1.82) is 0 Å². The molecule has 0 aliphatic carbocycles. The van der Waals surface area contributed by atoms with E-state index in [1.807, 2.05) is 6.92 Å². The number of carbonyl (C=O) groups excluding carboxylic acids is 1. The summed E-state index contributed by atoms with van der Waals surface area (Å²) in [6, 6.07) is 4.73. The molecule has 0 unspecified atom stereocenters. The monoisotopic (exact) mass is 309 g/mol. The van der Waals surface area contributed by atoms with Crippen LogP contribution in [0, 0.1) is 0 Å². The van der Waals surface area contributed by atoms with Crippen LogP contribution >= 0.6 is 11.3 Å². The van der Waals surface area contributed by atoms with Crippen LogP contribution in [0.3, 0.4) is 0 Å². The molecular formula is C16H27N3OS. The van der Waals surface area contributed by atoms with Crippen molar-refractivity contribution in [3.63, 3.8) is 0 Å². The van der Waals surface area contributed by atoms with Crippen molar-refractivity contribution < 1.29 is 4.79 Å². The van der Waals surface area contributed by atoms with Crippen LogP contribution in [0.5, 0.6) is 0 Å². The third kappa shape index (κ3) is 4.53. The van der Waals surface area contributed by atoms with Crippen LogP contribution in [0.4, 0.5) is 0 Å². The molecule has 1 N–H and O–H groups in total. The lowest BCUT2D eigenvalue weighted by atomic mass is 10.0. The van der Waals surface area contributed by atoms with Gasteiger partial charge in [0.25, 0.3) is 0 Å². The molecule has 1 amide bonds. The number of thiophene rings is 1. The normalized spacial score (nSPS) is 20.1. The molecule has 0 bridgehead atoms. The van der Waals surface area contributed by atoms with E-state index >= 15 is 0 Å². The Balaban J connectivity index is 2.07. The van der Waals surface area contributed by atoms with Crippen molar-refractivity contribution in [3.05, 3.63) is 22.4 Å². The summed E-state index contributed by atoms with van der Waals surface area (Å²) in [7, 11) is 2.17. The predicted octanol–water partition coefficient (Wildman–Crippen LogP) is 2.34. The Morgan fingerprint density at radius 2 is 2.10 bits per heavy atom. The minimum absolute atomic E-state index is 0.145. The van der Waals surface area contributed by atoms with Crippen LogP contribution < -0.4 is 5.32 Å². The fraction of sp³-hybridized carbons (Fsp3) is 0.688. The van der Waals surface area contributed by atoms with Gasteiger partial charge in [-0.15, -0.1) is 11.3 Å². The van der Waals surface area contributed by atoms with Crippen LogP contribution in [0.2, 0.25) is 0 Å². The zero-order valence-corrected chi connectivity index (χ0v) is 14.2. The first kappa shape index (κ1) is 16.5. The van der Waals surface area contributed by atoms with Gasteiger partial charge >= 0.3 is 0 Å². The molecule has 0 saturated carbocycles. The van der Waals surface area contributed by atoms with Gasteiger partial charge in [0.2, 0.25) is 5.91 Å². The van der Waals surface area contributed by atoms with E-state index in [-0.39, 0.29) is 11.9 Å². The first-order valence-electron chi connectivity index (χ1n) is 7.87. The first-order chi connectivity index (χ1) is 10.1. The molecule has 1 aliphatic heterocycles. The van der Waals surface area contributed by atoms with E-state index in [1.54, 1.807) is 11.3 Å². The Morgan fingerprint density at radius 3 is 2.67 bits per heavy atom. The van der Waals surface area contributed by atoms with Gasteiger partial charge in [-0.2, -0.15) is 0 Å². The van der Waals surface area contributed by atoms with Crippen LogP contribution in [-0.2, 0) is 4.79 Å². The molecule has 1 aliphatic rings. The topological polar surface area (TPSA) is 35.6 Å². The average Bonchev–Trinajstić information content (AvgIpc) is 2.95. The molecule has 1 fully saturated rings. The summed E-state index contributed by atoms with van der Waals surface area (Å²) in [5.41, 5.74) is 0. The van der Waals surface area contributed by atoms with Crippen molar-refractivity contribution in [2.75, 3.05) is 33.2 Å². The maximum absolute atomic E-state index is 11.9. The van der Waals surface area contributed by atoms with Crippen molar-refractivity contribution >= 4 is 17.2 Å². The lowest BCUT2D eigenvalue weighted by Gasteiger charge is -2.40. The second-order valence-corrected chi connectivity index (χ2v) is 6.88. The number of nitrogens with zero attached hydrogens (tertiary/aromatic N) is 2. The van der Waals surface area contributed by atoms with E-state index in [0.717, 1.165) is 32.6 Å². The molecule has 1 aromatic heterocycles. The van der Waals surface area contributed by atoms with Crippen LogP contribution in [0.25, 0.3) is 0 Å². The van der Waals surface area contributed by atoms with E-state index in [2.05, 4.69) is 46.6 Å². The highest BCUT2D eigenvalue weighted by molar-refractivity contribution is 7.10. The van der Waals surface area contributed by atoms with Crippen LogP contribution in [-0.4, -0.2) is 55.0 Å². The van der Waals surface area contributed by atoms with Gasteiger partial charge < -0.3 is 10.2 Å². The standard InChI is InChI=1S/C16H27N3OS/c1-4-6-15(20)17-13(2)16(14-7-5-12-21-14)19-10-8-18(3)9-11-19/h5,7,12-13,16H,4,6,8-11H2,1-3H3,(H,17,20)/t13-,16-/m1/s1. The van der Waals surface area contributed by atoms with Gasteiger partial charge in [-0.3, -0.25) is 9.69 Å². The van der Waals surface area contributed by atoms with Crippen LogP contribution in [0.15, 0.2) is 17.5 Å². The average molecular weight is 309 g/mol. The minimum Gasteiger partial charge on any atom is -0.352 e. The molecule has 2 atom stereocenters. The molecule has 1 saturated heterocycles. The zero-order chi connectivity index (χ0) is 15.2. The van der Waals surface area contributed by atoms with Crippen molar-refractivity contribution in [2.24, 2.45) is 0 Å². The molecule has 2 rings (SSSR count). The van der Waals surface area contributed by atoms with Gasteiger partial charge in [-0.05, 0) is 31.8 Å². The molecule has 5 heteroatoms. The fourth-order valence-corrected chi connectivity index (χ4v) is 3.90. The Labute approximate surface area is 132 Å². The van der Waals surface area contributed by atoms with Crippen molar-refractivity contribution in [2.45, 2.75) is 38.8 Å². The highest BCUT2D eigenvalue weighted by Crippen LogP contribution is 2.29. The Morgan fingerprint density at radius 1 is 1.38 bits per heavy atom. The number of piperazine rings is 1. The highest BCUT2D eigenvalue weighted by atomic mass is 32.1. The lowest BCUT2D eigenvalue weighted by molar-refractivity contribution is -0.122. The van der Waals surface area contributed by atoms with Gasteiger partial charge in [0.15, 0.2) is 0 Å². The fourth-order valence-electron chi connectivity index (χ4n) is 2.93. The summed E-state index contributed by atoms with van der Waals surface area (Å²) in [5.74, 6) is 0.167. The third-order valence-electron chi connectivity index (χ3n) is 4.11. The number of likely N-dealkylation sites (N-methyl/N-ethyl adjacent to an activating group) is 1. The predicted molar refractivity (Wildman–Crippen MR) is 88.6 cm³/mol. The Hall–Kier alpha value is -0.910. The number of nitrogens with one attached hydrogen (secondary N) is 1. The summed E-state index contributed by atoms with van der Waals surface area (Å²) in [6.07, 6.45) is 1.51. The summed E-state index contributed by atoms with van der Waals surface area (Å²) >= 11 is 1.79. The molecule has 0 radical (unpaired) electrons. The van der Waals surface area contributed by atoms with E-state index in [9.17, 15) is 4.79 Å². The molecule has 0 aromatic carbocycles. The minimum atomic E-state index is 0.145. The summed E-state index contributed by atoms with van der Waals surface area (Å²) in [6.45, 7) is 8.49. The molecule has 1 aromatic rings. The maximum Gasteiger partial charge on any atom is 0.220 e. The summed E-state index contributed by atoms with van der Waals surface area (Å²) in [4.78, 5) is 18.2. The number of hydrogen-bond acceptors (Lipinski definition) is 4. The molecule has 118 valence electrons. The van der Waals surface area contributed by atoms with Gasteiger partial charge in [0, 0.05) is 43.5 Å². The number of carbonyl (C=O) groups is 1. The second kappa shape index (κ2) is 7.92. The number of hydrogen-bond donors (Lipinski definition) is 1. The van der Waals surface area contributed by atoms with Gasteiger partial charge in [0.05, 0.1) is 6.04 Å². The Bertz CT molecular complexity index is 427. The SMILES string of the molecule is CCCC(=O)N[C@H](C)[C@H](c1cccs1)N1CCN(C)CC1. The number of amides is 1. The third-order valence-corrected chi connectivity index (χ3v) is 5.05. The lowest BCUT2D eigenvalue weighted by Crippen LogP contribution is -2.51. The molecular weight excluding hydrogens is 282 g/mol. The Kier molecular flexibility index (Phi) is 6.21. The molecule has 0 spiro atoms. The van der Waals surface area contributed by atoms with Gasteiger partial charge in [-0.25, -0.2) is 0 Å². The van der Waals surface area contributed by atoms with E-state index < -0.39 is 0 Å². The first-order valence-corrected chi connectivity index (χ1v) is 8.75. The van der Waals surface area contributed by atoms with Gasteiger partial charge in [-0.1, -0.05) is 13.0 Å². The summed E-state index contributed by atoms with van der Waals surface area (Å²) in [5, 5.41) is 5.31. The molecule has 21 heavy (non-hydrogen) atoms. The zero-order valence-electron chi connectivity index (χ0n) is 13.3. The molecule has 4 nitrogen and oxygen atoms in total. The maximum atomic E-state index is 11.9. The molecule has 2 heterocycles. The van der Waals surface area contributed by atoms with Crippen molar-refractivity contribution in [1.82, 2.24) is 15.1 Å². The van der Waals surface area contributed by atoms with Gasteiger partial charge in [0.1, 0.15) is 0 Å². The van der Waals surface area contributed by atoms with Crippen molar-refractivity contribution in [3.8, 4) is 0 Å². The van der Waals surface area contributed by atoms with E-state index in [1.165, 1.54) is 4.88 Å². The quantitative estimate of drug-likeness (QED) is 0.876. The smallest absolute Gasteiger partial charge is 0.220 e. The largest absolute Gasteiger partial charge is 0.352 e. The van der Waals surface area contributed by atoms with E-state index in [4.69, 9.17) is 0 Å². The van der Waals surface area contributed by atoms with E-state index in [0.29, 0.717) is 12.5 Å². The highest BCUT2D eigenvalue weighted by Gasteiger charge is 2.29.